The van der Waals surface area contributed by atoms with Crippen LogP contribution in [0.1, 0.15) is 40.5 Å². The van der Waals surface area contributed by atoms with Gasteiger partial charge in [-0.05, 0) is 45.0 Å². The van der Waals surface area contributed by atoms with Gasteiger partial charge in [0.25, 0.3) is 5.95 Å². The monoisotopic (exact) mass is 407 g/mol. The highest BCUT2D eigenvalue weighted by atomic mass is 16.5. The molecule has 0 N–H and O–H groups in total. The molecule has 1 amide bonds. The van der Waals surface area contributed by atoms with Gasteiger partial charge in [0.05, 0.1) is 19.9 Å². The summed E-state index contributed by atoms with van der Waals surface area (Å²) in [6.45, 7) is 5.78. The van der Waals surface area contributed by atoms with Crippen molar-refractivity contribution in [1.29, 1.82) is 0 Å². The summed E-state index contributed by atoms with van der Waals surface area (Å²) in [6.07, 6.45) is 0.313. The SMILES string of the molecule is COc1ccc(OC)c(C2CC(=O)N(C)c3c2c(C)nn3-c2nc(C)cc(C)n2)c1. The summed E-state index contributed by atoms with van der Waals surface area (Å²) in [6, 6.07) is 7.55. The van der Waals surface area contributed by atoms with E-state index in [-0.39, 0.29) is 11.8 Å². The van der Waals surface area contributed by atoms with Crippen LogP contribution in [-0.2, 0) is 4.79 Å². The van der Waals surface area contributed by atoms with Crippen LogP contribution in [0.4, 0.5) is 5.82 Å². The molecule has 3 heterocycles. The van der Waals surface area contributed by atoms with Crippen LogP contribution >= 0.6 is 0 Å². The third-order valence-corrected chi connectivity index (χ3v) is 5.47. The zero-order chi connectivity index (χ0) is 21.6. The molecule has 3 aromatic rings. The van der Waals surface area contributed by atoms with Crippen molar-refractivity contribution in [1.82, 2.24) is 19.7 Å². The molecule has 4 rings (SSSR count). The lowest BCUT2D eigenvalue weighted by molar-refractivity contribution is -0.118. The number of aryl methyl sites for hydroxylation is 3. The van der Waals surface area contributed by atoms with Crippen LogP contribution < -0.4 is 14.4 Å². The van der Waals surface area contributed by atoms with Gasteiger partial charge in [-0.3, -0.25) is 9.69 Å². The predicted octanol–water partition coefficient (Wildman–Crippen LogP) is 3.10. The summed E-state index contributed by atoms with van der Waals surface area (Å²) < 4.78 is 12.7. The molecule has 1 atom stereocenters. The first-order valence-corrected chi connectivity index (χ1v) is 9.74. The molecule has 1 aliphatic heterocycles. The second-order valence-corrected chi connectivity index (χ2v) is 7.50. The Morgan fingerprint density at radius 3 is 2.37 bits per heavy atom. The number of methoxy groups -OCH3 is 2. The summed E-state index contributed by atoms with van der Waals surface area (Å²) in [5.74, 6) is 2.33. The van der Waals surface area contributed by atoms with E-state index in [2.05, 4.69) is 9.97 Å². The van der Waals surface area contributed by atoms with Gasteiger partial charge in [0.2, 0.25) is 5.91 Å². The summed E-state index contributed by atoms with van der Waals surface area (Å²) >= 11 is 0. The van der Waals surface area contributed by atoms with Crippen LogP contribution in [-0.4, -0.2) is 46.9 Å². The summed E-state index contributed by atoms with van der Waals surface area (Å²) in [5.41, 5.74) is 4.36. The van der Waals surface area contributed by atoms with Crippen LogP contribution in [0, 0.1) is 20.8 Å². The first-order valence-electron chi connectivity index (χ1n) is 9.74. The Kier molecular flexibility index (Phi) is 4.93. The average Bonchev–Trinajstić information content (AvgIpc) is 3.07. The van der Waals surface area contributed by atoms with Crippen molar-refractivity contribution in [2.45, 2.75) is 33.1 Å². The maximum absolute atomic E-state index is 13.0. The minimum Gasteiger partial charge on any atom is -0.497 e. The van der Waals surface area contributed by atoms with Gasteiger partial charge in [-0.2, -0.15) is 9.78 Å². The van der Waals surface area contributed by atoms with E-state index in [1.54, 1.807) is 30.8 Å². The number of benzene rings is 1. The maximum Gasteiger partial charge on any atom is 0.252 e. The van der Waals surface area contributed by atoms with Crippen LogP contribution in [0.3, 0.4) is 0 Å². The number of hydrogen-bond donors (Lipinski definition) is 0. The summed E-state index contributed by atoms with van der Waals surface area (Å²) in [7, 11) is 5.01. The van der Waals surface area contributed by atoms with E-state index in [9.17, 15) is 4.79 Å². The average molecular weight is 407 g/mol. The van der Waals surface area contributed by atoms with Crippen LogP contribution in [0.2, 0.25) is 0 Å². The Balaban J connectivity index is 1.96. The molecular weight excluding hydrogens is 382 g/mol. The van der Waals surface area contributed by atoms with Crippen LogP contribution in [0.25, 0.3) is 5.95 Å². The predicted molar refractivity (Wildman–Crippen MR) is 113 cm³/mol. The van der Waals surface area contributed by atoms with Gasteiger partial charge in [-0.1, -0.05) is 0 Å². The topological polar surface area (TPSA) is 82.4 Å². The number of nitrogens with zero attached hydrogens (tertiary/aromatic N) is 5. The van der Waals surface area contributed by atoms with Gasteiger partial charge in [0, 0.05) is 41.9 Å². The van der Waals surface area contributed by atoms with Crippen molar-refractivity contribution in [2.24, 2.45) is 0 Å². The highest BCUT2D eigenvalue weighted by molar-refractivity contribution is 5.97. The fourth-order valence-corrected chi connectivity index (χ4v) is 4.11. The molecule has 0 aliphatic carbocycles. The molecule has 0 saturated heterocycles. The third-order valence-electron chi connectivity index (χ3n) is 5.47. The number of carbonyl (C=O) groups excluding carboxylic acids is 1. The Morgan fingerprint density at radius 2 is 1.73 bits per heavy atom. The molecule has 156 valence electrons. The number of anilines is 1. The van der Waals surface area contributed by atoms with Gasteiger partial charge in [-0.25, -0.2) is 9.97 Å². The van der Waals surface area contributed by atoms with E-state index in [0.717, 1.165) is 28.2 Å². The molecule has 30 heavy (non-hydrogen) atoms. The Bertz CT molecular complexity index is 1120. The number of fused-ring (bicyclic) bond motifs is 1. The molecule has 0 saturated carbocycles. The fraction of sp³-hybridized carbons (Fsp3) is 0.364. The zero-order valence-corrected chi connectivity index (χ0v) is 18.1. The fourth-order valence-electron chi connectivity index (χ4n) is 4.11. The highest BCUT2D eigenvalue weighted by Crippen LogP contribution is 2.45. The molecule has 1 aromatic carbocycles. The van der Waals surface area contributed by atoms with Gasteiger partial charge < -0.3 is 9.47 Å². The van der Waals surface area contributed by atoms with Crippen LogP contribution in [0.15, 0.2) is 24.3 Å². The highest BCUT2D eigenvalue weighted by Gasteiger charge is 2.38. The lowest BCUT2D eigenvalue weighted by atomic mass is 9.84. The van der Waals surface area contributed by atoms with Crippen molar-refractivity contribution in [2.75, 3.05) is 26.2 Å². The van der Waals surface area contributed by atoms with Crippen molar-refractivity contribution in [3.63, 3.8) is 0 Å². The number of ether oxygens (including phenoxy) is 2. The number of carbonyl (C=O) groups is 1. The van der Waals surface area contributed by atoms with E-state index in [0.29, 0.717) is 29.7 Å². The largest absolute Gasteiger partial charge is 0.497 e. The van der Waals surface area contributed by atoms with E-state index in [1.165, 1.54) is 0 Å². The molecule has 0 fully saturated rings. The number of hydrogen-bond acceptors (Lipinski definition) is 6. The van der Waals surface area contributed by atoms with Crippen molar-refractivity contribution < 1.29 is 14.3 Å². The number of rotatable bonds is 4. The van der Waals surface area contributed by atoms with Crippen molar-refractivity contribution >= 4 is 11.7 Å². The van der Waals surface area contributed by atoms with E-state index in [4.69, 9.17) is 14.6 Å². The molecule has 0 bridgehead atoms. The molecule has 0 radical (unpaired) electrons. The smallest absolute Gasteiger partial charge is 0.252 e. The van der Waals surface area contributed by atoms with E-state index in [1.807, 2.05) is 45.0 Å². The quantitative estimate of drug-likeness (QED) is 0.661. The standard InChI is InChI=1S/C22H25N5O3/c1-12-9-13(2)24-22(23-12)27-21-20(14(3)25-27)17(11-19(28)26(21)4)16-10-15(29-5)7-8-18(16)30-6/h7-10,17H,11H2,1-6H3. The maximum atomic E-state index is 13.0. The summed E-state index contributed by atoms with van der Waals surface area (Å²) in [4.78, 5) is 23.7. The first kappa shape index (κ1) is 19.9. The molecule has 1 unspecified atom stereocenters. The minimum absolute atomic E-state index is 0.0112. The Morgan fingerprint density at radius 1 is 1.03 bits per heavy atom. The minimum atomic E-state index is -0.214. The van der Waals surface area contributed by atoms with Gasteiger partial charge in [-0.15, -0.1) is 0 Å². The first-order chi connectivity index (χ1) is 14.3. The summed E-state index contributed by atoms with van der Waals surface area (Å²) in [5, 5.41) is 4.73. The van der Waals surface area contributed by atoms with Crippen molar-refractivity contribution in [3.8, 4) is 17.4 Å². The molecule has 1 aliphatic rings. The second kappa shape index (κ2) is 7.44. The molecular formula is C22H25N5O3. The van der Waals surface area contributed by atoms with E-state index < -0.39 is 0 Å². The third kappa shape index (κ3) is 3.18. The molecule has 8 nitrogen and oxygen atoms in total. The Hall–Kier alpha value is -3.42. The number of aromatic nitrogens is 4. The van der Waals surface area contributed by atoms with Gasteiger partial charge >= 0.3 is 0 Å². The van der Waals surface area contributed by atoms with E-state index >= 15 is 0 Å². The Labute approximate surface area is 175 Å². The second-order valence-electron chi connectivity index (χ2n) is 7.50. The lowest BCUT2D eigenvalue weighted by Gasteiger charge is -2.31. The molecule has 8 heteroatoms. The normalized spacial score (nSPS) is 15.9. The van der Waals surface area contributed by atoms with Crippen LogP contribution in [0.5, 0.6) is 11.5 Å². The van der Waals surface area contributed by atoms with Crippen molar-refractivity contribution in [3.05, 3.63) is 52.5 Å². The molecule has 0 spiro atoms. The van der Waals surface area contributed by atoms with Gasteiger partial charge in [0.15, 0.2) is 0 Å². The zero-order valence-electron chi connectivity index (χ0n) is 18.1. The lowest BCUT2D eigenvalue weighted by Crippen LogP contribution is -2.35. The molecule has 2 aromatic heterocycles. The number of amides is 1. The van der Waals surface area contributed by atoms with Gasteiger partial charge in [0.1, 0.15) is 17.3 Å².